The third kappa shape index (κ3) is 5.46. The van der Waals surface area contributed by atoms with Gasteiger partial charge in [0, 0.05) is 36.1 Å². The van der Waals surface area contributed by atoms with Gasteiger partial charge in [-0.1, -0.05) is 30.3 Å². The number of carbonyl (C=O) groups is 1. The van der Waals surface area contributed by atoms with Crippen LogP contribution in [0.15, 0.2) is 65.8 Å². The number of aliphatic hydroxyl groups excluding tert-OH is 1. The molecule has 2 aromatic carbocycles. The van der Waals surface area contributed by atoms with Gasteiger partial charge in [0.2, 0.25) is 0 Å². The molecule has 5 atom stereocenters. The number of nitrogens with zero attached hydrogens (tertiary/aromatic N) is 5. The largest absolute Gasteiger partial charge is 0.481 e. The molecule has 0 radical (unpaired) electrons. The van der Waals surface area contributed by atoms with Crippen LogP contribution in [0.25, 0.3) is 22.5 Å². The monoisotopic (exact) mass is 611 g/mol. The van der Waals surface area contributed by atoms with Crippen molar-refractivity contribution in [3.8, 4) is 11.3 Å². The quantitative estimate of drug-likeness (QED) is 0.240. The highest BCUT2D eigenvalue weighted by Gasteiger charge is 2.44. The molecule has 45 heavy (non-hydrogen) atoms. The van der Waals surface area contributed by atoms with E-state index in [-0.39, 0.29) is 24.1 Å². The number of aliphatic carboxylic acids is 1. The van der Waals surface area contributed by atoms with Crippen LogP contribution in [0.3, 0.4) is 0 Å². The van der Waals surface area contributed by atoms with Crippen molar-refractivity contribution in [3.63, 3.8) is 0 Å². The average Bonchev–Trinajstić information content (AvgIpc) is 3.72. The Hall–Kier alpha value is -4.28. The summed E-state index contributed by atoms with van der Waals surface area (Å²) in [6.45, 7) is 3.96. The van der Waals surface area contributed by atoms with Crippen LogP contribution in [0.1, 0.15) is 98.4 Å². The highest BCUT2D eigenvalue weighted by molar-refractivity contribution is 5.84. The van der Waals surface area contributed by atoms with Gasteiger partial charge in [0.15, 0.2) is 11.9 Å². The maximum Gasteiger partial charge on any atom is 0.307 e. The maximum absolute atomic E-state index is 15.5. The Morgan fingerprint density at radius 2 is 1.84 bits per heavy atom. The summed E-state index contributed by atoms with van der Waals surface area (Å²) in [5.74, 6) is -2.02. The number of aliphatic hydroxyl groups is 1. The van der Waals surface area contributed by atoms with Crippen LogP contribution in [0.5, 0.6) is 0 Å². The fraction of sp³-hybridized carbons (Fsp3) is 0.371. The number of aromatic nitrogens is 3. The summed E-state index contributed by atoms with van der Waals surface area (Å²) in [6, 6.07) is 15.4. The van der Waals surface area contributed by atoms with Gasteiger partial charge in [-0.25, -0.2) is 18.3 Å². The van der Waals surface area contributed by atoms with E-state index in [9.17, 15) is 15.0 Å². The second kappa shape index (κ2) is 11.6. The SMILES string of the molecule is CC1=N/C=C(/c2cc(C(O)N3CC(F)c4ccccc4[C@H]3C)nc3cc(-c4ccc([C@H]5C[C@@H]5C(=O)O)cc4F)nn23)CCCC1. The van der Waals surface area contributed by atoms with Gasteiger partial charge in [-0.15, -0.1) is 0 Å². The average molecular weight is 612 g/mol. The van der Waals surface area contributed by atoms with Gasteiger partial charge in [-0.2, -0.15) is 5.10 Å². The number of carboxylic acids is 1. The molecule has 4 aromatic rings. The van der Waals surface area contributed by atoms with E-state index >= 15 is 8.78 Å². The predicted molar refractivity (Wildman–Crippen MR) is 167 cm³/mol. The number of hydrogen-bond donors (Lipinski definition) is 2. The lowest BCUT2D eigenvalue weighted by Gasteiger charge is -2.39. The van der Waals surface area contributed by atoms with E-state index in [1.807, 2.05) is 38.2 Å². The van der Waals surface area contributed by atoms with Crippen molar-refractivity contribution in [2.45, 2.75) is 70.3 Å². The summed E-state index contributed by atoms with van der Waals surface area (Å²) in [5.41, 5.74) is 6.13. The summed E-state index contributed by atoms with van der Waals surface area (Å²) in [7, 11) is 0. The molecule has 232 valence electrons. The van der Waals surface area contributed by atoms with Crippen molar-refractivity contribution in [1.82, 2.24) is 19.5 Å². The lowest BCUT2D eigenvalue weighted by molar-refractivity contribution is -0.138. The van der Waals surface area contributed by atoms with E-state index in [0.717, 1.165) is 42.5 Å². The first-order valence-electron chi connectivity index (χ1n) is 15.5. The smallest absolute Gasteiger partial charge is 0.307 e. The number of allylic oxidation sites excluding steroid dienone is 1. The van der Waals surface area contributed by atoms with Gasteiger partial charge < -0.3 is 10.2 Å². The maximum atomic E-state index is 15.5. The molecule has 1 aliphatic carbocycles. The number of fused-ring (bicyclic) bond motifs is 2. The zero-order chi connectivity index (χ0) is 31.4. The molecule has 8 nitrogen and oxygen atoms in total. The Kier molecular flexibility index (Phi) is 7.57. The second-order valence-corrected chi connectivity index (χ2v) is 12.5. The molecule has 0 bridgehead atoms. The number of alkyl halides is 1. The van der Waals surface area contributed by atoms with Gasteiger partial charge in [-0.3, -0.25) is 14.7 Å². The summed E-state index contributed by atoms with van der Waals surface area (Å²) in [5, 5.41) is 25.8. The first-order valence-corrected chi connectivity index (χ1v) is 15.5. The van der Waals surface area contributed by atoms with Crippen LogP contribution in [0.2, 0.25) is 0 Å². The minimum Gasteiger partial charge on any atom is -0.481 e. The molecule has 0 amide bonds. The number of carboxylic acid groups (broad SMARTS) is 1. The van der Waals surface area contributed by atoms with Crippen LogP contribution in [-0.2, 0) is 4.79 Å². The van der Waals surface area contributed by atoms with Gasteiger partial charge >= 0.3 is 5.97 Å². The van der Waals surface area contributed by atoms with Crippen LogP contribution in [0.4, 0.5) is 8.78 Å². The Balaban J connectivity index is 1.31. The number of aliphatic imine (C=N–C) groups is 1. The second-order valence-electron chi connectivity index (χ2n) is 12.5. The fourth-order valence-corrected chi connectivity index (χ4v) is 6.78. The van der Waals surface area contributed by atoms with E-state index in [2.05, 4.69) is 4.99 Å². The van der Waals surface area contributed by atoms with Crippen molar-refractivity contribution in [3.05, 3.63) is 94.7 Å². The van der Waals surface area contributed by atoms with Gasteiger partial charge in [0.1, 0.15) is 12.0 Å². The molecule has 2 N–H and O–H groups in total. The molecule has 2 unspecified atom stereocenters. The predicted octanol–water partition coefficient (Wildman–Crippen LogP) is 7.18. The number of hydrogen-bond acceptors (Lipinski definition) is 6. The Bertz CT molecular complexity index is 1870. The topological polar surface area (TPSA) is 103 Å². The van der Waals surface area contributed by atoms with Crippen LogP contribution < -0.4 is 0 Å². The summed E-state index contributed by atoms with van der Waals surface area (Å²) < 4.78 is 32.5. The molecule has 2 aromatic heterocycles. The summed E-state index contributed by atoms with van der Waals surface area (Å²) in [6.07, 6.45) is 3.46. The van der Waals surface area contributed by atoms with Crippen molar-refractivity contribution < 1.29 is 23.8 Å². The highest BCUT2D eigenvalue weighted by Crippen LogP contribution is 2.48. The van der Waals surface area contributed by atoms with Crippen molar-refractivity contribution >= 4 is 22.9 Å². The van der Waals surface area contributed by atoms with Crippen molar-refractivity contribution in [2.75, 3.05) is 6.54 Å². The number of rotatable bonds is 6. The van der Waals surface area contributed by atoms with Crippen molar-refractivity contribution in [2.24, 2.45) is 10.9 Å². The minimum atomic E-state index is -1.25. The Morgan fingerprint density at radius 1 is 1.07 bits per heavy atom. The first kappa shape index (κ1) is 29.4. The molecule has 3 aliphatic rings. The minimum absolute atomic E-state index is 0.0134. The molecular weight excluding hydrogens is 576 g/mol. The molecule has 10 heteroatoms. The van der Waals surface area contributed by atoms with Crippen molar-refractivity contribution in [1.29, 1.82) is 0 Å². The van der Waals surface area contributed by atoms with E-state index in [0.29, 0.717) is 40.3 Å². The van der Waals surface area contributed by atoms with Crippen LogP contribution in [0, 0.1) is 11.7 Å². The lowest BCUT2D eigenvalue weighted by atomic mass is 9.92. The van der Waals surface area contributed by atoms with E-state index in [1.54, 1.807) is 39.7 Å². The number of benzene rings is 2. The number of halogens is 2. The van der Waals surface area contributed by atoms with Gasteiger partial charge in [-0.05, 0) is 92.3 Å². The van der Waals surface area contributed by atoms with E-state index < -0.39 is 30.1 Å². The van der Waals surface area contributed by atoms with E-state index in [4.69, 9.17) is 10.1 Å². The normalized spacial score (nSPS) is 25.4. The Labute approximate surface area is 259 Å². The molecule has 1 fully saturated rings. The molecule has 7 rings (SSSR count). The molecule has 1 saturated carbocycles. The van der Waals surface area contributed by atoms with E-state index in [1.165, 1.54) is 6.07 Å². The lowest BCUT2D eigenvalue weighted by Crippen LogP contribution is -2.38. The third-order valence-corrected chi connectivity index (χ3v) is 9.49. The van der Waals surface area contributed by atoms with Crippen LogP contribution in [-0.4, -0.2) is 47.9 Å². The third-order valence-electron chi connectivity index (χ3n) is 9.49. The first-order chi connectivity index (χ1) is 21.7. The fourth-order valence-electron chi connectivity index (χ4n) is 6.78. The molecular formula is C35H35F2N5O3. The molecule has 0 saturated heterocycles. The molecule has 0 spiro atoms. The zero-order valence-electron chi connectivity index (χ0n) is 25.2. The van der Waals surface area contributed by atoms with Gasteiger partial charge in [0.05, 0.1) is 23.0 Å². The van der Waals surface area contributed by atoms with Crippen LogP contribution >= 0.6 is 0 Å². The zero-order valence-corrected chi connectivity index (χ0v) is 25.2. The summed E-state index contributed by atoms with van der Waals surface area (Å²) >= 11 is 0. The highest BCUT2D eigenvalue weighted by atomic mass is 19.1. The molecule has 2 aliphatic heterocycles. The summed E-state index contributed by atoms with van der Waals surface area (Å²) in [4.78, 5) is 22.5. The Morgan fingerprint density at radius 3 is 2.60 bits per heavy atom. The van der Waals surface area contributed by atoms with Gasteiger partial charge in [0.25, 0.3) is 0 Å². The standard InChI is InChI=1S/C35H35F2N5O3/c1-19-7-3-4-8-22(17-38-19)32-15-31(34(43)41-18-29(37)24-10-6-5-9-23(24)20(41)2)39-33-16-30(40-42(32)33)25-12-11-21(13-28(25)36)26-14-27(26)35(44)45/h5-6,9-13,15-17,20,26-27,29,34,43H,3-4,7-8,14,18H2,1-2H3,(H,44,45)/b22-17+,38-19?/t20-,26-,27+,29?,34?/m1/s1. The molecule has 4 heterocycles.